The molecule has 1 aliphatic rings. The van der Waals surface area contributed by atoms with Gasteiger partial charge < -0.3 is 14.8 Å². The number of carbonyl (C=O) groups is 1. The number of rotatable bonds is 6. The number of carbonyl (C=O) groups excluding carboxylic acids is 1. The molecule has 3 rings (SSSR count). The first-order valence-electron chi connectivity index (χ1n) is 8.71. The number of benzene rings is 1. The number of anilines is 1. The second-order valence-electron chi connectivity index (χ2n) is 6.20. The van der Waals surface area contributed by atoms with Crippen LogP contribution in [0.1, 0.15) is 0 Å². The number of hydrogen-bond donors (Lipinski definition) is 1. The molecule has 10 nitrogen and oxygen atoms in total. The van der Waals surface area contributed by atoms with Crippen molar-refractivity contribution in [3.63, 3.8) is 0 Å². The monoisotopic (exact) mass is 476 g/mol. The van der Waals surface area contributed by atoms with Crippen LogP contribution < -0.4 is 15.6 Å². The zero-order chi connectivity index (χ0) is 21.9. The van der Waals surface area contributed by atoms with E-state index in [-0.39, 0.29) is 39.5 Å². The molecular weight excluding hydrogens is 459 g/mol. The summed E-state index contributed by atoms with van der Waals surface area (Å²) in [4.78, 5) is 24.5. The number of aromatic nitrogens is 2. The largest absolute Gasteiger partial charge is 0.495 e. The average Bonchev–Trinajstić information content (AvgIpc) is 2.74. The van der Waals surface area contributed by atoms with E-state index in [9.17, 15) is 18.0 Å². The van der Waals surface area contributed by atoms with Gasteiger partial charge in [-0.2, -0.15) is 9.40 Å². The second-order valence-corrected chi connectivity index (χ2v) is 8.92. The molecule has 1 aromatic carbocycles. The van der Waals surface area contributed by atoms with Gasteiger partial charge in [-0.05, 0) is 18.2 Å². The summed E-state index contributed by atoms with van der Waals surface area (Å²) in [6, 6.07) is 4.13. The molecule has 0 unspecified atom stereocenters. The van der Waals surface area contributed by atoms with Crippen molar-refractivity contribution in [2.24, 2.45) is 0 Å². The highest BCUT2D eigenvalue weighted by Gasteiger charge is 2.27. The third-order valence-electron chi connectivity index (χ3n) is 4.29. The van der Waals surface area contributed by atoms with Gasteiger partial charge in [-0.25, -0.2) is 13.1 Å². The molecule has 0 saturated carbocycles. The lowest BCUT2D eigenvalue weighted by Crippen LogP contribution is -2.40. The summed E-state index contributed by atoms with van der Waals surface area (Å²) >= 11 is 11.5. The molecule has 1 saturated heterocycles. The Morgan fingerprint density at radius 3 is 2.67 bits per heavy atom. The Labute approximate surface area is 182 Å². The lowest BCUT2D eigenvalue weighted by Gasteiger charge is -2.26. The van der Waals surface area contributed by atoms with Crippen molar-refractivity contribution in [2.45, 2.75) is 11.4 Å². The van der Waals surface area contributed by atoms with Crippen molar-refractivity contribution in [1.29, 1.82) is 0 Å². The van der Waals surface area contributed by atoms with Crippen molar-refractivity contribution in [3.8, 4) is 5.75 Å². The maximum atomic E-state index is 12.9. The van der Waals surface area contributed by atoms with Crippen LogP contribution in [0.2, 0.25) is 10.0 Å². The van der Waals surface area contributed by atoms with Gasteiger partial charge in [0.1, 0.15) is 17.3 Å². The number of halogens is 2. The van der Waals surface area contributed by atoms with E-state index in [0.29, 0.717) is 13.2 Å². The minimum atomic E-state index is -3.77. The van der Waals surface area contributed by atoms with E-state index in [1.807, 2.05) is 0 Å². The molecule has 1 aliphatic heterocycles. The molecular formula is C17H18Cl2N4O6S. The summed E-state index contributed by atoms with van der Waals surface area (Å²) in [6.45, 7) is 0.637. The quantitative estimate of drug-likeness (QED) is 0.665. The molecule has 2 aromatic rings. The lowest BCUT2D eigenvalue weighted by molar-refractivity contribution is -0.117. The number of morpholine rings is 1. The SMILES string of the molecule is COc1ccc(S(=O)(=O)N2CCOCC2)cc1NC(=O)Cn1ncc(Cl)c(Cl)c1=O. The molecule has 0 bridgehead atoms. The Morgan fingerprint density at radius 2 is 2.00 bits per heavy atom. The Balaban J connectivity index is 1.84. The van der Waals surface area contributed by atoms with Crippen LogP contribution in [0.4, 0.5) is 5.69 Å². The summed E-state index contributed by atoms with van der Waals surface area (Å²) in [5, 5.41) is 6.02. The fourth-order valence-corrected chi connectivity index (χ4v) is 4.47. The Kier molecular flexibility index (Phi) is 6.98. The highest BCUT2D eigenvalue weighted by Crippen LogP contribution is 2.29. The first kappa shape index (κ1) is 22.5. The zero-order valence-corrected chi connectivity index (χ0v) is 18.1. The van der Waals surface area contributed by atoms with Gasteiger partial charge in [-0.15, -0.1) is 0 Å². The Hall–Kier alpha value is -2.18. The van der Waals surface area contributed by atoms with Gasteiger partial charge in [-0.1, -0.05) is 23.2 Å². The van der Waals surface area contributed by atoms with Crippen molar-refractivity contribution in [1.82, 2.24) is 14.1 Å². The number of ether oxygens (including phenoxy) is 2. The predicted molar refractivity (Wildman–Crippen MR) is 110 cm³/mol. The van der Waals surface area contributed by atoms with Gasteiger partial charge in [0.15, 0.2) is 0 Å². The molecule has 0 aliphatic carbocycles. The summed E-state index contributed by atoms with van der Waals surface area (Å²) in [5.74, 6) is -0.388. The number of nitrogens with zero attached hydrogens (tertiary/aromatic N) is 3. The van der Waals surface area contributed by atoms with Crippen LogP contribution in [-0.2, 0) is 26.1 Å². The zero-order valence-electron chi connectivity index (χ0n) is 15.8. The van der Waals surface area contributed by atoms with Crippen LogP contribution in [0.25, 0.3) is 0 Å². The second kappa shape index (κ2) is 9.31. The Morgan fingerprint density at radius 1 is 1.30 bits per heavy atom. The molecule has 30 heavy (non-hydrogen) atoms. The van der Waals surface area contributed by atoms with E-state index < -0.39 is 28.0 Å². The number of hydrogen-bond acceptors (Lipinski definition) is 7. The van der Waals surface area contributed by atoms with E-state index in [1.165, 1.54) is 29.6 Å². The summed E-state index contributed by atoms with van der Waals surface area (Å²) < 4.78 is 38.3. The molecule has 0 atom stereocenters. The molecule has 0 spiro atoms. The number of sulfonamides is 1. The van der Waals surface area contributed by atoms with E-state index in [1.54, 1.807) is 0 Å². The third-order valence-corrected chi connectivity index (χ3v) is 6.93. The van der Waals surface area contributed by atoms with Gasteiger partial charge in [-0.3, -0.25) is 9.59 Å². The fraction of sp³-hybridized carbons (Fsp3) is 0.353. The van der Waals surface area contributed by atoms with Gasteiger partial charge in [0.25, 0.3) is 5.56 Å². The number of methoxy groups -OCH3 is 1. The summed E-state index contributed by atoms with van der Waals surface area (Å²) in [5.41, 5.74) is -0.597. The van der Waals surface area contributed by atoms with Crippen LogP contribution in [0.3, 0.4) is 0 Å². The Bertz CT molecular complexity index is 1120. The molecule has 2 heterocycles. The van der Waals surface area contributed by atoms with E-state index in [0.717, 1.165) is 10.9 Å². The van der Waals surface area contributed by atoms with Gasteiger partial charge in [0.2, 0.25) is 15.9 Å². The predicted octanol–water partition coefficient (Wildman–Crippen LogP) is 1.22. The molecule has 0 radical (unpaired) electrons. The van der Waals surface area contributed by atoms with Crippen LogP contribution >= 0.6 is 23.2 Å². The molecule has 1 N–H and O–H groups in total. The molecule has 1 aromatic heterocycles. The fourth-order valence-electron chi connectivity index (χ4n) is 2.76. The molecule has 1 amide bonds. The van der Waals surface area contributed by atoms with Crippen molar-refractivity contribution >= 4 is 44.8 Å². The minimum Gasteiger partial charge on any atom is -0.495 e. The van der Waals surface area contributed by atoms with Gasteiger partial charge in [0.05, 0.1) is 42.1 Å². The highest BCUT2D eigenvalue weighted by atomic mass is 35.5. The van der Waals surface area contributed by atoms with E-state index in [2.05, 4.69) is 10.4 Å². The number of amides is 1. The standard InChI is InChI=1S/C17H18Cl2N4O6S/c1-28-14-3-2-11(30(26,27)22-4-6-29-7-5-22)8-13(14)21-15(24)10-23-17(25)16(19)12(18)9-20-23/h2-3,8-9H,4-7,10H2,1H3,(H,21,24). The smallest absolute Gasteiger partial charge is 0.287 e. The van der Waals surface area contributed by atoms with E-state index in [4.69, 9.17) is 32.7 Å². The molecule has 162 valence electrons. The maximum absolute atomic E-state index is 12.9. The lowest BCUT2D eigenvalue weighted by atomic mass is 10.3. The first-order valence-corrected chi connectivity index (χ1v) is 10.9. The van der Waals surface area contributed by atoms with Crippen molar-refractivity contribution < 1.29 is 22.7 Å². The summed E-state index contributed by atoms with van der Waals surface area (Å²) in [6.07, 6.45) is 1.15. The molecule has 1 fully saturated rings. The van der Waals surface area contributed by atoms with Gasteiger partial charge >= 0.3 is 0 Å². The highest BCUT2D eigenvalue weighted by molar-refractivity contribution is 7.89. The van der Waals surface area contributed by atoms with Crippen LogP contribution in [-0.4, -0.2) is 61.8 Å². The topological polar surface area (TPSA) is 120 Å². The normalized spacial score (nSPS) is 15.0. The van der Waals surface area contributed by atoms with E-state index >= 15 is 0 Å². The van der Waals surface area contributed by atoms with Crippen molar-refractivity contribution in [2.75, 3.05) is 38.7 Å². The first-order chi connectivity index (χ1) is 14.2. The third kappa shape index (κ3) is 4.76. The van der Waals surface area contributed by atoms with Crippen LogP contribution in [0.15, 0.2) is 34.1 Å². The average molecular weight is 477 g/mol. The van der Waals surface area contributed by atoms with Gasteiger partial charge in [0, 0.05) is 13.1 Å². The minimum absolute atomic E-state index is 0.00895. The maximum Gasteiger partial charge on any atom is 0.287 e. The number of nitrogens with one attached hydrogen (secondary N) is 1. The summed E-state index contributed by atoms with van der Waals surface area (Å²) in [7, 11) is -2.39. The van der Waals surface area contributed by atoms with Crippen LogP contribution in [0.5, 0.6) is 5.75 Å². The van der Waals surface area contributed by atoms with Crippen molar-refractivity contribution in [3.05, 3.63) is 44.8 Å². The molecule has 13 heteroatoms. The van der Waals surface area contributed by atoms with Crippen LogP contribution in [0, 0.1) is 0 Å².